The second-order valence-electron chi connectivity index (χ2n) is 5.21. The summed E-state index contributed by atoms with van der Waals surface area (Å²) < 4.78 is 0. The minimum Gasteiger partial charge on any atom is -0.355 e. The molecule has 0 radical (unpaired) electrons. The van der Waals surface area contributed by atoms with Gasteiger partial charge in [0.15, 0.2) is 0 Å². The molecule has 0 bridgehead atoms. The average Bonchev–Trinajstić information content (AvgIpc) is 2.76. The number of imide groups is 1. The van der Waals surface area contributed by atoms with E-state index >= 15 is 0 Å². The van der Waals surface area contributed by atoms with Crippen molar-refractivity contribution in [3.8, 4) is 0 Å². The molecule has 1 aliphatic rings. The first-order chi connectivity index (χ1) is 11.0. The molecule has 3 amide bonds. The molecular formula is C15H17N3O5. The minimum absolute atomic E-state index is 0.0389. The van der Waals surface area contributed by atoms with Gasteiger partial charge in [0.05, 0.1) is 10.5 Å². The van der Waals surface area contributed by atoms with Gasteiger partial charge in [-0.2, -0.15) is 0 Å². The SMILES string of the molecule is CCCCCNC(=O)CN1C(=O)c2cccc([N+](=O)[O-])c2C1=O. The van der Waals surface area contributed by atoms with Gasteiger partial charge in [-0.25, -0.2) is 0 Å². The number of hydrogen-bond donors (Lipinski definition) is 1. The van der Waals surface area contributed by atoms with Crippen molar-refractivity contribution in [2.24, 2.45) is 0 Å². The zero-order valence-electron chi connectivity index (χ0n) is 12.7. The van der Waals surface area contributed by atoms with Gasteiger partial charge in [-0.1, -0.05) is 25.8 Å². The van der Waals surface area contributed by atoms with Crippen LogP contribution >= 0.6 is 0 Å². The van der Waals surface area contributed by atoms with Crippen LogP contribution in [0.3, 0.4) is 0 Å². The van der Waals surface area contributed by atoms with Gasteiger partial charge < -0.3 is 5.32 Å². The lowest BCUT2D eigenvalue weighted by molar-refractivity contribution is -0.385. The molecule has 1 aliphatic heterocycles. The highest BCUT2D eigenvalue weighted by molar-refractivity contribution is 6.24. The Labute approximate surface area is 132 Å². The quantitative estimate of drug-likeness (QED) is 0.354. The fraction of sp³-hybridized carbons (Fsp3) is 0.400. The van der Waals surface area contributed by atoms with E-state index in [1.54, 1.807) is 0 Å². The molecule has 0 unspecified atom stereocenters. The Kier molecular flexibility index (Phi) is 5.05. The summed E-state index contributed by atoms with van der Waals surface area (Å²) >= 11 is 0. The van der Waals surface area contributed by atoms with Crippen LogP contribution in [-0.4, -0.2) is 40.6 Å². The molecular weight excluding hydrogens is 302 g/mol. The van der Waals surface area contributed by atoms with E-state index in [9.17, 15) is 24.5 Å². The largest absolute Gasteiger partial charge is 0.355 e. The molecule has 0 atom stereocenters. The topological polar surface area (TPSA) is 110 Å². The smallest absolute Gasteiger partial charge is 0.282 e. The summed E-state index contributed by atoms with van der Waals surface area (Å²) in [7, 11) is 0. The third kappa shape index (κ3) is 3.36. The minimum atomic E-state index is -0.805. The molecule has 1 aromatic carbocycles. The maximum absolute atomic E-state index is 12.3. The first-order valence-electron chi connectivity index (χ1n) is 7.37. The molecule has 0 spiro atoms. The number of amides is 3. The van der Waals surface area contributed by atoms with Crippen molar-refractivity contribution < 1.29 is 19.3 Å². The standard InChI is InChI=1S/C15H17N3O5/c1-2-3-4-8-16-12(19)9-17-14(20)10-6-5-7-11(18(22)23)13(10)15(17)21/h5-7H,2-4,8-9H2,1H3,(H,16,19). The van der Waals surface area contributed by atoms with Gasteiger partial charge >= 0.3 is 0 Å². The predicted octanol–water partition coefficient (Wildman–Crippen LogP) is 1.50. The summed E-state index contributed by atoms with van der Waals surface area (Å²) in [6.45, 7) is 2.07. The maximum Gasteiger partial charge on any atom is 0.282 e. The molecule has 0 aliphatic carbocycles. The molecule has 8 heteroatoms. The number of rotatable bonds is 7. The number of fused-ring (bicyclic) bond motifs is 1. The van der Waals surface area contributed by atoms with Crippen LogP contribution in [0.25, 0.3) is 0 Å². The number of nitrogens with zero attached hydrogens (tertiary/aromatic N) is 2. The van der Waals surface area contributed by atoms with Crippen LogP contribution in [-0.2, 0) is 4.79 Å². The van der Waals surface area contributed by atoms with E-state index in [2.05, 4.69) is 5.32 Å². The molecule has 23 heavy (non-hydrogen) atoms. The molecule has 0 aromatic heterocycles. The number of nitro groups is 1. The highest BCUT2D eigenvalue weighted by Gasteiger charge is 2.41. The van der Waals surface area contributed by atoms with Gasteiger partial charge in [0.2, 0.25) is 5.91 Å². The predicted molar refractivity (Wildman–Crippen MR) is 81.0 cm³/mol. The third-order valence-electron chi connectivity index (χ3n) is 3.58. The second-order valence-corrected chi connectivity index (χ2v) is 5.21. The second kappa shape index (κ2) is 6.99. The number of carbonyl (C=O) groups excluding carboxylic acids is 3. The van der Waals surface area contributed by atoms with Gasteiger partial charge in [-0.05, 0) is 12.5 Å². The molecule has 1 N–H and O–H groups in total. The van der Waals surface area contributed by atoms with Crippen molar-refractivity contribution in [2.45, 2.75) is 26.2 Å². The Morgan fingerprint density at radius 3 is 2.65 bits per heavy atom. The molecule has 0 fully saturated rings. The molecule has 8 nitrogen and oxygen atoms in total. The van der Waals surface area contributed by atoms with E-state index in [-0.39, 0.29) is 11.1 Å². The van der Waals surface area contributed by atoms with Crippen LogP contribution in [0.15, 0.2) is 18.2 Å². The summed E-state index contributed by atoms with van der Waals surface area (Å²) in [6.07, 6.45) is 2.80. The maximum atomic E-state index is 12.3. The Morgan fingerprint density at radius 1 is 1.26 bits per heavy atom. The van der Waals surface area contributed by atoms with Gasteiger partial charge in [-0.3, -0.25) is 29.4 Å². The van der Waals surface area contributed by atoms with E-state index in [0.29, 0.717) is 6.54 Å². The molecule has 1 aromatic rings. The number of nitrogens with one attached hydrogen (secondary N) is 1. The van der Waals surface area contributed by atoms with Crippen molar-refractivity contribution >= 4 is 23.4 Å². The normalized spacial score (nSPS) is 13.2. The summed E-state index contributed by atoms with van der Waals surface area (Å²) in [5.74, 6) is -1.95. The van der Waals surface area contributed by atoms with E-state index in [0.717, 1.165) is 24.2 Å². The van der Waals surface area contributed by atoms with E-state index < -0.39 is 34.9 Å². The van der Waals surface area contributed by atoms with E-state index in [4.69, 9.17) is 0 Å². The number of hydrogen-bond acceptors (Lipinski definition) is 5. The monoisotopic (exact) mass is 319 g/mol. The van der Waals surface area contributed by atoms with E-state index in [1.165, 1.54) is 18.2 Å². The Hall–Kier alpha value is -2.77. The lowest BCUT2D eigenvalue weighted by Gasteiger charge is -2.13. The van der Waals surface area contributed by atoms with Crippen LogP contribution < -0.4 is 5.32 Å². The summed E-state index contributed by atoms with van der Waals surface area (Å²) in [6, 6.07) is 3.86. The highest BCUT2D eigenvalue weighted by atomic mass is 16.6. The fourth-order valence-electron chi connectivity index (χ4n) is 2.41. The van der Waals surface area contributed by atoms with Gasteiger partial charge in [0.1, 0.15) is 12.1 Å². The Balaban J connectivity index is 2.10. The fourth-order valence-corrected chi connectivity index (χ4v) is 2.41. The Morgan fingerprint density at radius 2 is 2.00 bits per heavy atom. The van der Waals surface area contributed by atoms with Gasteiger partial charge in [0, 0.05) is 12.6 Å². The number of carbonyl (C=O) groups is 3. The van der Waals surface area contributed by atoms with Crippen molar-refractivity contribution in [3.05, 3.63) is 39.4 Å². The molecule has 0 saturated heterocycles. The first-order valence-corrected chi connectivity index (χ1v) is 7.37. The van der Waals surface area contributed by atoms with Crippen LogP contribution in [0, 0.1) is 10.1 Å². The van der Waals surface area contributed by atoms with Crippen LogP contribution in [0.5, 0.6) is 0 Å². The lowest BCUT2D eigenvalue weighted by atomic mass is 10.1. The summed E-state index contributed by atoms with van der Waals surface area (Å²) in [5.41, 5.74) is -0.712. The average molecular weight is 319 g/mol. The zero-order chi connectivity index (χ0) is 17.0. The third-order valence-corrected chi connectivity index (χ3v) is 3.58. The molecule has 1 heterocycles. The van der Waals surface area contributed by atoms with Gasteiger partial charge in [0.25, 0.3) is 17.5 Å². The van der Waals surface area contributed by atoms with Crippen molar-refractivity contribution in [2.75, 3.05) is 13.1 Å². The van der Waals surface area contributed by atoms with E-state index in [1.807, 2.05) is 6.92 Å². The van der Waals surface area contributed by atoms with Crippen molar-refractivity contribution in [3.63, 3.8) is 0 Å². The number of benzene rings is 1. The van der Waals surface area contributed by atoms with Crippen molar-refractivity contribution in [1.82, 2.24) is 10.2 Å². The lowest BCUT2D eigenvalue weighted by Crippen LogP contribution is -2.40. The Bertz CT molecular complexity index is 671. The van der Waals surface area contributed by atoms with Crippen LogP contribution in [0.4, 0.5) is 5.69 Å². The van der Waals surface area contributed by atoms with Crippen molar-refractivity contribution in [1.29, 1.82) is 0 Å². The van der Waals surface area contributed by atoms with Crippen LogP contribution in [0.2, 0.25) is 0 Å². The first kappa shape index (κ1) is 16.6. The zero-order valence-corrected chi connectivity index (χ0v) is 12.7. The molecule has 2 rings (SSSR count). The summed E-state index contributed by atoms with van der Waals surface area (Å²) in [5, 5.41) is 13.6. The van der Waals surface area contributed by atoms with Gasteiger partial charge in [-0.15, -0.1) is 0 Å². The number of nitro benzene ring substituents is 1. The number of unbranched alkanes of at least 4 members (excludes halogenated alkanes) is 2. The van der Waals surface area contributed by atoms with Crippen LogP contribution in [0.1, 0.15) is 46.9 Å². The highest BCUT2D eigenvalue weighted by Crippen LogP contribution is 2.30. The molecule has 122 valence electrons. The molecule has 0 saturated carbocycles. The summed E-state index contributed by atoms with van der Waals surface area (Å²) in [4.78, 5) is 47.3.